The van der Waals surface area contributed by atoms with E-state index in [0.717, 1.165) is 37.9 Å². The molecule has 2 N–H and O–H groups in total. The summed E-state index contributed by atoms with van der Waals surface area (Å²) in [5.74, 6) is 0.337. The summed E-state index contributed by atoms with van der Waals surface area (Å²) in [6.45, 7) is 8.04. The van der Waals surface area contributed by atoms with Crippen LogP contribution in [0.5, 0.6) is 0 Å². The Bertz CT molecular complexity index is 1230. The van der Waals surface area contributed by atoms with Gasteiger partial charge in [0.2, 0.25) is 0 Å². The van der Waals surface area contributed by atoms with E-state index < -0.39 is 16.0 Å². The summed E-state index contributed by atoms with van der Waals surface area (Å²) >= 11 is 0. The number of aromatic nitrogens is 1. The topological polar surface area (TPSA) is 74.3 Å². The van der Waals surface area contributed by atoms with Crippen molar-refractivity contribution in [2.24, 2.45) is 0 Å². The zero-order valence-corrected chi connectivity index (χ0v) is 20.0. The molecule has 0 aliphatic heterocycles. The van der Waals surface area contributed by atoms with Crippen LogP contribution in [0.1, 0.15) is 25.0 Å². The Labute approximate surface area is 189 Å². The van der Waals surface area contributed by atoms with Crippen molar-refractivity contribution >= 4 is 21.7 Å². The number of anilines is 2. The maximum absolute atomic E-state index is 15.0. The minimum Gasteiger partial charge on any atom is -0.368 e. The van der Waals surface area contributed by atoms with E-state index in [-0.39, 0.29) is 5.69 Å². The highest BCUT2D eigenvalue weighted by molar-refractivity contribution is 7.90. The molecule has 1 heterocycles. The minimum absolute atomic E-state index is 0.243. The molecule has 0 radical (unpaired) electrons. The lowest BCUT2D eigenvalue weighted by molar-refractivity contribution is 0.586. The van der Waals surface area contributed by atoms with E-state index in [4.69, 9.17) is 0 Å². The van der Waals surface area contributed by atoms with Crippen LogP contribution in [0, 0.1) is 19.7 Å². The number of rotatable bonds is 7. The molecule has 0 aliphatic rings. The predicted octanol–water partition coefficient (Wildman–Crippen LogP) is 4.89. The van der Waals surface area contributed by atoms with Crippen LogP contribution in [-0.4, -0.2) is 33.5 Å². The lowest BCUT2D eigenvalue weighted by atomic mass is 9.92. The molecular formula is C24H29FN4O2S. The molecule has 0 aliphatic carbocycles. The third-order valence-electron chi connectivity index (χ3n) is 5.31. The maximum atomic E-state index is 15.0. The first kappa shape index (κ1) is 23.7. The largest absolute Gasteiger partial charge is 0.368 e. The molecule has 1 aromatic heterocycles. The SMILES string of the molecule is CNS(=O)(=O)N(C)c1ccc(-c2cc(C)c(-c3ccc(NC(C)C)nc3)cc2C)c(F)c1. The second-order valence-corrected chi connectivity index (χ2v) is 9.96. The van der Waals surface area contributed by atoms with Gasteiger partial charge in [-0.05, 0) is 80.3 Å². The maximum Gasteiger partial charge on any atom is 0.301 e. The van der Waals surface area contributed by atoms with E-state index >= 15 is 4.39 Å². The van der Waals surface area contributed by atoms with Crippen LogP contribution < -0.4 is 14.3 Å². The zero-order valence-electron chi connectivity index (χ0n) is 19.2. The highest BCUT2D eigenvalue weighted by Crippen LogP contribution is 2.34. The molecule has 32 heavy (non-hydrogen) atoms. The molecular weight excluding hydrogens is 427 g/mol. The van der Waals surface area contributed by atoms with Crippen LogP contribution in [0.15, 0.2) is 48.7 Å². The molecule has 0 atom stereocenters. The number of nitrogens with one attached hydrogen (secondary N) is 2. The summed E-state index contributed by atoms with van der Waals surface area (Å²) in [4.78, 5) is 4.48. The number of nitrogens with zero attached hydrogens (tertiary/aromatic N) is 2. The Balaban J connectivity index is 1.96. The second kappa shape index (κ2) is 9.26. The number of hydrogen-bond acceptors (Lipinski definition) is 4. The third kappa shape index (κ3) is 4.92. The Morgan fingerprint density at radius 3 is 2.19 bits per heavy atom. The molecule has 0 saturated carbocycles. The van der Waals surface area contributed by atoms with Gasteiger partial charge in [-0.1, -0.05) is 12.1 Å². The fraction of sp³-hybridized carbons (Fsp3) is 0.292. The van der Waals surface area contributed by atoms with Crippen molar-refractivity contribution < 1.29 is 12.8 Å². The fourth-order valence-corrected chi connectivity index (χ4v) is 4.21. The van der Waals surface area contributed by atoms with Crippen molar-refractivity contribution in [1.82, 2.24) is 9.71 Å². The van der Waals surface area contributed by atoms with E-state index in [0.29, 0.717) is 11.6 Å². The van der Waals surface area contributed by atoms with E-state index in [1.807, 2.05) is 44.3 Å². The summed E-state index contributed by atoms with van der Waals surface area (Å²) < 4.78 is 42.2. The molecule has 8 heteroatoms. The molecule has 0 spiro atoms. The molecule has 0 fully saturated rings. The Morgan fingerprint density at radius 1 is 0.969 bits per heavy atom. The summed E-state index contributed by atoms with van der Waals surface area (Å²) in [6.07, 6.45) is 1.83. The molecule has 0 unspecified atom stereocenters. The van der Waals surface area contributed by atoms with Crippen LogP contribution in [0.4, 0.5) is 15.9 Å². The summed E-state index contributed by atoms with van der Waals surface area (Å²) in [5, 5.41) is 3.27. The number of aryl methyl sites for hydroxylation is 2. The van der Waals surface area contributed by atoms with Crippen molar-refractivity contribution in [2.75, 3.05) is 23.7 Å². The van der Waals surface area contributed by atoms with Gasteiger partial charge in [0.1, 0.15) is 11.6 Å². The third-order valence-corrected chi connectivity index (χ3v) is 6.76. The summed E-state index contributed by atoms with van der Waals surface area (Å²) in [5.41, 5.74) is 5.36. The average Bonchev–Trinajstić information content (AvgIpc) is 2.75. The predicted molar refractivity (Wildman–Crippen MR) is 130 cm³/mol. The molecule has 0 bridgehead atoms. The summed E-state index contributed by atoms with van der Waals surface area (Å²) in [7, 11) is -1.01. The Morgan fingerprint density at radius 2 is 1.62 bits per heavy atom. The van der Waals surface area contributed by atoms with E-state index in [1.54, 1.807) is 12.1 Å². The number of benzene rings is 2. The van der Waals surface area contributed by atoms with Crippen molar-refractivity contribution in [2.45, 2.75) is 33.7 Å². The molecule has 0 saturated heterocycles. The molecule has 3 aromatic rings. The zero-order chi connectivity index (χ0) is 23.6. The molecule has 6 nitrogen and oxygen atoms in total. The van der Waals surface area contributed by atoms with Gasteiger partial charge in [0.25, 0.3) is 0 Å². The quantitative estimate of drug-likeness (QED) is 0.531. The van der Waals surface area contributed by atoms with Gasteiger partial charge in [-0.25, -0.2) is 14.1 Å². The molecule has 3 rings (SSSR count). The highest BCUT2D eigenvalue weighted by Gasteiger charge is 2.18. The number of pyridine rings is 1. The van der Waals surface area contributed by atoms with Crippen molar-refractivity contribution in [3.8, 4) is 22.3 Å². The van der Waals surface area contributed by atoms with Gasteiger partial charge >= 0.3 is 10.2 Å². The first-order chi connectivity index (χ1) is 15.0. The standard InChI is InChI=1S/C24H29FN4O2S/c1-15(2)28-24-10-7-18(14-27-24)21-11-17(4)22(12-16(21)3)20-9-8-19(13-23(20)25)29(6)32(30,31)26-5/h7-15,26H,1-6H3,(H,27,28). The lowest BCUT2D eigenvalue weighted by Gasteiger charge is -2.19. The normalized spacial score (nSPS) is 11.6. The van der Waals surface area contributed by atoms with Gasteiger partial charge < -0.3 is 5.32 Å². The fourth-order valence-electron chi connectivity index (χ4n) is 3.55. The van der Waals surface area contributed by atoms with Crippen LogP contribution in [-0.2, 0) is 10.2 Å². The first-order valence-corrected chi connectivity index (χ1v) is 11.8. The van der Waals surface area contributed by atoms with Crippen LogP contribution >= 0.6 is 0 Å². The Hall–Kier alpha value is -2.97. The van der Waals surface area contributed by atoms with Gasteiger partial charge in [-0.2, -0.15) is 8.42 Å². The van der Waals surface area contributed by atoms with Gasteiger partial charge in [-0.15, -0.1) is 0 Å². The highest BCUT2D eigenvalue weighted by atomic mass is 32.2. The second-order valence-electron chi connectivity index (χ2n) is 8.05. The van der Waals surface area contributed by atoms with E-state index in [1.165, 1.54) is 20.2 Å². The van der Waals surface area contributed by atoms with Crippen LogP contribution in [0.2, 0.25) is 0 Å². The molecule has 170 valence electrons. The van der Waals surface area contributed by atoms with Gasteiger partial charge in [0.15, 0.2) is 0 Å². The van der Waals surface area contributed by atoms with Crippen molar-refractivity contribution in [3.05, 3.63) is 65.6 Å². The smallest absolute Gasteiger partial charge is 0.301 e. The van der Waals surface area contributed by atoms with Gasteiger partial charge in [0, 0.05) is 37.5 Å². The Kier molecular flexibility index (Phi) is 6.85. The van der Waals surface area contributed by atoms with E-state index in [2.05, 4.69) is 28.9 Å². The lowest BCUT2D eigenvalue weighted by Crippen LogP contribution is -2.35. The van der Waals surface area contributed by atoms with Gasteiger partial charge in [0.05, 0.1) is 5.69 Å². The van der Waals surface area contributed by atoms with Gasteiger partial charge in [-0.3, -0.25) is 4.31 Å². The van der Waals surface area contributed by atoms with Crippen LogP contribution in [0.25, 0.3) is 22.3 Å². The van der Waals surface area contributed by atoms with Crippen molar-refractivity contribution in [1.29, 1.82) is 0 Å². The first-order valence-electron chi connectivity index (χ1n) is 10.3. The average molecular weight is 457 g/mol. The summed E-state index contributed by atoms with van der Waals surface area (Å²) in [6, 6.07) is 12.7. The van der Waals surface area contributed by atoms with E-state index in [9.17, 15) is 8.42 Å². The van der Waals surface area contributed by atoms with Crippen LogP contribution in [0.3, 0.4) is 0 Å². The molecule has 0 amide bonds. The monoisotopic (exact) mass is 456 g/mol. The minimum atomic E-state index is -3.70. The van der Waals surface area contributed by atoms with Crippen molar-refractivity contribution in [3.63, 3.8) is 0 Å². The number of halogens is 1. The number of hydrogen-bond donors (Lipinski definition) is 2. The molecule has 2 aromatic carbocycles.